The van der Waals surface area contributed by atoms with Crippen molar-refractivity contribution in [1.29, 1.82) is 0 Å². The molecule has 0 aromatic heterocycles. The van der Waals surface area contributed by atoms with Gasteiger partial charge in [-0.15, -0.1) is 0 Å². The number of carbonyl (C=O) groups excluding carboxylic acids is 1. The molecule has 104 valence electrons. The van der Waals surface area contributed by atoms with Crippen LogP contribution >= 0.6 is 0 Å². The summed E-state index contributed by atoms with van der Waals surface area (Å²) < 4.78 is 5.31. The van der Waals surface area contributed by atoms with Gasteiger partial charge in [-0.3, -0.25) is 9.69 Å². The van der Waals surface area contributed by atoms with Crippen molar-refractivity contribution in [3.63, 3.8) is 0 Å². The second kappa shape index (κ2) is 8.24. The summed E-state index contributed by atoms with van der Waals surface area (Å²) in [6, 6.07) is 0.305. The van der Waals surface area contributed by atoms with Crippen molar-refractivity contribution in [2.24, 2.45) is 5.73 Å². The van der Waals surface area contributed by atoms with Gasteiger partial charge in [0.2, 0.25) is 5.91 Å². The van der Waals surface area contributed by atoms with Gasteiger partial charge in [0.15, 0.2) is 0 Å². The summed E-state index contributed by atoms with van der Waals surface area (Å²) in [5, 5.41) is 2.85. The quantitative estimate of drug-likeness (QED) is 0.501. The number of hydrogen-bond donors (Lipinski definition) is 2. The van der Waals surface area contributed by atoms with Crippen LogP contribution in [0.15, 0.2) is 12.2 Å². The van der Waals surface area contributed by atoms with Crippen molar-refractivity contribution in [3.05, 3.63) is 12.2 Å². The first kappa shape index (κ1) is 15.1. The normalized spacial score (nSPS) is 17.7. The number of piperidine rings is 1. The summed E-state index contributed by atoms with van der Waals surface area (Å²) in [7, 11) is 0. The molecule has 1 saturated heterocycles. The van der Waals surface area contributed by atoms with E-state index in [0.29, 0.717) is 32.3 Å². The van der Waals surface area contributed by atoms with Crippen LogP contribution in [0.4, 0.5) is 0 Å². The van der Waals surface area contributed by atoms with Crippen LogP contribution in [0.3, 0.4) is 0 Å². The topological polar surface area (TPSA) is 67.6 Å². The minimum Gasteiger partial charge on any atom is -0.375 e. The van der Waals surface area contributed by atoms with E-state index in [9.17, 15) is 4.79 Å². The molecule has 5 nitrogen and oxygen atoms in total. The van der Waals surface area contributed by atoms with Crippen molar-refractivity contribution < 1.29 is 9.53 Å². The molecule has 1 aliphatic rings. The van der Waals surface area contributed by atoms with Gasteiger partial charge < -0.3 is 15.8 Å². The standard InChI is InChI=1S/C13H25N3O2/c1-11(2)10-18-8-5-15-13(17)9-16-6-3-12(14)4-7-16/h12H,1,3-10,14H2,2H3,(H,15,17). The highest BCUT2D eigenvalue weighted by molar-refractivity contribution is 5.77. The molecule has 1 heterocycles. The Morgan fingerprint density at radius 2 is 2.17 bits per heavy atom. The Balaban J connectivity index is 2.01. The Hall–Kier alpha value is -0.910. The van der Waals surface area contributed by atoms with E-state index in [2.05, 4.69) is 16.8 Å². The summed E-state index contributed by atoms with van der Waals surface area (Å²) in [6.07, 6.45) is 1.96. The second-order valence-corrected chi connectivity index (χ2v) is 4.97. The molecule has 1 aliphatic heterocycles. The molecule has 1 rings (SSSR count). The van der Waals surface area contributed by atoms with Gasteiger partial charge >= 0.3 is 0 Å². The lowest BCUT2D eigenvalue weighted by Crippen LogP contribution is -2.45. The Kier molecular flexibility index (Phi) is 6.93. The van der Waals surface area contributed by atoms with Crippen LogP contribution in [0.2, 0.25) is 0 Å². The Morgan fingerprint density at radius 1 is 1.50 bits per heavy atom. The monoisotopic (exact) mass is 255 g/mol. The molecule has 0 spiro atoms. The third-order valence-electron chi connectivity index (χ3n) is 2.92. The van der Waals surface area contributed by atoms with Crippen LogP contribution in [0.25, 0.3) is 0 Å². The average molecular weight is 255 g/mol. The van der Waals surface area contributed by atoms with E-state index in [1.807, 2.05) is 6.92 Å². The van der Waals surface area contributed by atoms with E-state index in [4.69, 9.17) is 10.5 Å². The lowest BCUT2D eigenvalue weighted by molar-refractivity contribution is -0.122. The number of ether oxygens (including phenoxy) is 1. The van der Waals surface area contributed by atoms with Gasteiger partial charge in [0, 0.05) is 25.7 Å². The Bertz CT molecular complexity index is 273. The van der Waals surface area contributed by atoms with E-state index >= 15 is 0 Å². The van der Waals surface area contributed by atoms with E-state index in [-0.39, 0.29) is 5.91 Å². The first-order valence-electron chi connectivity index (χ1n) is 6.54. The maximum Gasteiger partial charge on any atom is 0.234 e. The highest BCUT2D eigenvalue weighted by Crippen LogP contribution is 2.06. The zero-order valence-electron chi connectivity index (χ0n) is 11.3. The molecule has 3 N–H and O–H groups in total. The summed E-state index contributed by atoms with van der Waals surface area (Å²) in [6.45, 7) is 9.60. The maximum absolute atomic E-state index is 11.6. The molecule has 0 bridgehead atoms. The van der Waals surface area contributed by atoms with Crippen LogP contribution in [0.1, 0.15) is 19.8 Å². The molecule has 0 unspecified atom stereocenters. The Morgan fingerprint density at radius 3 is 2.78 bits per heavy atom. The zero-order chi connectivity index (χ0) is 13.4. The van der Waals surface area contributed by atoms with Crippen LogP contribution in [0.5, 0.6) is 0 Å². The highest BCUT2D eigenvalue weighted by atomic mass is 16.5. The van der Waals surface area contributed by atoms with Crippen LogP contribution in [-0.4, -0.2) is 56.2 Å². The minimum absolute atomic E-state index is 0.0596. The largest absolute Gasteiger partial charge is 0.375 e. The van der Waals surface area contributed by atoms with Crippen LogP contribution in [-0.2, 0) is 9.53 Å². The van der Waals surface area contributed by atoms with Crippen LogP contribution < -0.4 is 11.1 Å². The first-order chi connectivity index (χ1) is 8.58. The molecule has 18 heavy (non-hydrogen) atoms. The molecule has 0 aliphatic carbocycles. The summed E-state index contributed by atoms with van der Waals surface area (Å²) in [4.78, 5) is 13.8. The summed E-state index contributed by atoms with van der Waals surface area (Å²) in [5.41, 5.74) is 6.81. The maximum atomic E-state index is 11.6. The first-order valence-corrected chi connectivity index (χ1v) is 6.54. The van der Waals surface area contributed by atoms with Gasteiger partial charge in [-0.1, -0.05) is 12.2 Å². The number of likely N-dealkylation sites (tertiary alicyclic amines) is 1. The van der Waals surface area contributed by atoms with Gasteiger partial charge in [-0.05, 0) is 19.8 Å². The molecule has 0 saturated carbocycles. The lowest BCUT2D eigenvalue weighted by atomic mass is 10.1. The highest BCUT2D eigenvalue weighted by Gasteiger charge is 2.17. The smallest absolute Gasteiger partial charge is 0.234 e. The zero-order valence-corrected chi connectivity index (χ0v) is 11.3. The molecule has 1 amide bonds. The molecular weight excluding hydrogens is 230 g/mol. The SMILES string of the molecule is C=C(C)COCCNC(=O)CN1CCC(N)CC1. The van der Waals surface area contributed by atoms with Crippen molar-refractivity contribution >= 4 is 5.91 Å². The third-order valence-corrected chi connectivity index (χ3v) is 2.92. The molecule has 0 radical (unpaired) electrons. The molecule has 0 aromatic carbocycles. The van der Waals surface area contributed by atoms with E-state index < -0.39 is 0 Å². The lowest BCUT2D eigenvalue weighted by Gasteiger charge is -2.29. The third kappa shape index (κ3) is 6.74. The summed E-state index contributed by atoms with van der Waals surface area (Å²) in [5.74, 6) is 0.0596. The molecule has 0 atom stereocenters. The fraction of sp³-hybridized carbons (Fsp3) is 0.769. The summed E-state index contributed by atoms with van der Waals surface area (Å²) >= 11 is 0. The van der Waals surface area contributed by atoms with Crippen molar-refractivity contribution in [2.75, 3.05) is 39.4 Å². The van der Waals surface area contributed by atoms with Crippen molar-refractivity contribution in [3.8, 4) is 0 Å². The predicted octanol–water partition coefficient (Wildman–Crippen LogP) is 0.118. The van der Waals surface area contributed by atoms with Gasteiger partial charge in [0.05, 0.1) is 19.8 Å². The van der Waals surface area contributed by atoms with Gasteiger partial charge in [0.25, 0.3) is 0 Å². The number of nitrogens with zero attached hydrogens (tertiary/aromatic N) is 1. The Labute approximate surface area is 109 Å². The molecule has 0 aromatic rings. The van der Waals surface area contributed by atoms with Gasteiger partial charge in [0.1, 0.15) is 0 Å². The predicted molar refractivity (Wildman–Crippen MR) is 72.3 cm³/mol. The van der Waals surface area contributed by atoms with Gasteiger partial charge in [-0.25, -0.2) is 0 Å². The van der Waals surface area contributed by atoms with E-state index in [1.54, 1.807) is 0 Å². The minimum atomic E-state index is 0.0596. The number of nitrogens with one attached hydrogen (secondary N) is 1. The number of amides is 1. The fourth-order valence-electron chi connectivity index (χ4n) is 1.88. The molecule has 1 fully saturated rings. The van der Waals surface area contributed by atoms with Crippen molar-refractivity contribution in [2.45, 2.75) is 25.8 Å². The number of rotatable bonds is 7. The average Bonchev–Trinajstić information content (AvgIpc) is 2.31. The number of carbonyl (C=O) groups is 1. The fourth-order valence-corrected chi connectivity index (χ4v) is 1.88. The number of nitrogens with two attached hydrogens (primary N) is 1. The van der Waals surface area contributed by atoms with E-state index in [1.165, 1.54) is 0 Å². The second-order valence-electron chi connectivity index (χ2n) is 4.97. The van der Waals surface area contributed by atoms with Crippen molar-refractivity contribution in [1.82, 2.24) is 10.2 Å². The molecular formula is C13H25N3O2. The van der Waals surface area contributed by atoms with E-state index in [0.717, 1.165) is 31.5 Å². The molecule has 5 heteroatoms. The van der Waals surface area contributed by atoms with Crippen LogP contribution in [0, 0.1) is 0 Å². The van der Waals surface area contributed by atoms with Gasteiger partial charge in [-0.2, -0.15) is 0 Å². The number of hydrogen-bond acceptors (Lipinski definition) is 4.